The van der Waals surface area contributed by atoms with E-state index < -0.39 is 5.97 Å². The Hall–Kier alpha value is -2.68. The lowest BCUT2D eigenvalue weighted by molar-refractivity contribution is 0.0160. The maximum Gasteiger partial charge on any atom is 0.358 e. The highest BCUT2D eigenvalue weighted by atomic mass is 16.5. The van der Waals surface area contributed by atoms with Gasteiger partial charge in [0.1, 0.15) is 5.69 Å². The Kier molecular flexibility index (Phi) is 6.13. The van der Waals surface area contributed by atoms with Crippen LogP contribution in [0.3, 0.4) is 0 Å². The fourth-order valence-corrected chi connectivity index (χ4v) is 4.50. The lowest BCUT2D eigenvalue weighted by Gasteiger charge is -2.36. The molecule has 1 N–H and O–H groups in total. The van der Waals surface area contributed by atoms with Gasteiger partial charge in [-0.25, -0.2) is 4.79 Å². The maximum atomic E-state index is 12.8. The predicted octanol–water partition coefficient (Wildman–Crippen LogP) is 1.82. The van der Waals surface area contributed by atoms with Gasteiger partial charge in [0, 0.05) is 44.6 Å². The molecule has 0 unspecified atom stereocenters. The standard InChI is InChI=1S/C22H31N5O4/c1-4-27-19-16(13-22(14-23-20(19)28)7-10-30-11-8-22)17(25-27)6-5-9-31-21(29)18-12-15(2)26(3)24-18/h12H,4-11,13-14H2,1-3H3,(H,23,28). The van der Waals surface area contributed by atoms with Crippen LogP contribution in [0.15, 0.2) is 6.07 Å². The number of esters is 1. The minimum Gasteiger partial charge on any atom is -0.461 e. The van der Waals surface area contributed by atoms with Crippen LogP contribution in [0.5, 0.6) is 0 Å². The third-order valence-corrected chi connectivity index (χ3v) is 6.49. The summed E-state index contributed by atoms with van der Waals surface area (Å²) in [6.45, 7) is 6.94. The molecule has 0 bridgehead atoms. The van der Waals surface area contributed by atoms with Crippen LogP contribution in [-0.2, 0) is 35.9 Å². The van der Waals surface area contributed by atoms with Crippen molar-refractivity contribution in [3.05, 3.63) is 34.4 Å². The number of nitrogens with one attached hydrogen (secondary N) is 1. The Bertz CT molecular complexity index is 951. The summed E-state index contributed by atoms with van der Waals surface area (Å²) in [6.07, 6.45) is 3.99. The maximum absolute atomic E-state index is 12.8. The van der Waals surface area contributed by atoms with Gasteiger partial charge in [-0.3, -0.25) is 14.2 Å². The molecule has 2 aromatic rings. The van der Waals surface area contributed by atoms with Gasteiger partial charge in [0.2, 0.25) is 0 Å². The van der Waals surface area contributed by atoms with Gasteiger partial charge in [0.05, 0.1) is 12.3 Å². The number of amides is 1. The minimum atomic E-state index is -0.415. The molecule has 0 aliphatic carbocycles. The first kappa shape index (κ1) is 21.5. The number of ether oxygens (including phenoxy) is 2. The summed E-state index contributed by atoms with van der Waals surface area (Å²) in [5.41, 5.74) is 3.91. The quantitative estimate of drug-likeness (QED) is 0.555. The molecule has 4 rings (SSSR count). The second-order valence-corrected chi connectivity index (χ2v) is 8.60. The summed E-state index contributed by atoms with van der Waals surface area (Å²) in [5.74, 6) is -0.460. The fourth-order valence-electron chi connectivity index (χ4n) is 4.50. The molecule has 0 saturated carbocycles. The van der Waals surface area contributed by atoms with Gasteiger partial charge in [-0.05, 0) is 57.4 Å². The summed E-state index contributed by atoms with van der Waals surface area (Å²) in [6, 6.07) is 1.72. The van der Waals surface area contributed by atoms with Gasteiger partial charge in [0.15, 0.2) is 5.69 Å². The SMILES string of the molecule is CCn1nc(CCCOC(=O)c2cc(C)n(C)n2)c2c1C(=O)NCC1(CCOCC1)C2. The third-order valence-electron chi connectivity index (χ3n) is 6.49. The van der Waals surface area contributed by atoms with Crippen LogP contribution in [0.1, 0.15) is 64.1 Å². The Balaban J connectivity index is 1.45. The van der Waals surface area contributed by atoms with E-state index in [0.29, 0.717) is 37.3 Å². The molecule has 4 heterocycles. The molecule has 0 aromatic carbocycles. The minimum absolute atomic E-state index is 0.0266. The molecule has 2 aliphatic heterocycles. The van der Waals surface area contributed by atoms with Crippen LogP contribution < -0.4 is 5.32 Å². The molecular formula is C22H31N5O4. The normalized spacial score (nSPS) is 17.8. The predicted molar refractivity (Wildman–Crippen MR) is 113 cm³/mol. The van der Waals surface area contributed by atoms with Crippen molar-refractivity contribution in [2.75, 3.05) is 26.4 Å². The Labute approximate surface area is 182 Å². The second kappa shape index (κ2) is 8.82. The van der Waals surface area contributed by atoms with Gasteiger partial charge < -0.3 is 14.8 Å². The van der Waals surface area contributed by atoms with Crippen molar-refractivity contribution in [2.24, 2.45) is 12.5 Å². The lowest BCUT2D eigenvalue weighted by atomic mass is 9.75. The van der Waals surface area contributed by atoms with Crippen molar-refractivity contribution in [1.82, 2.24) is 24.9 Å². The Morgan fingerprint density at radius 1 is 1.32 bits per heavy atom. The van der Waals surface area contributed by atoms with E-state index in [1.54, 1.807) is 22.5 Å². The van der Waals surface area contributed by atoms with Crippen LogP contribution in [0, 0.1) is 12.3 Å². The fraction of sp³-hybridized carbons (Fsp3) is 0.636. The highest BCUT2D eigenvalue weighted by molar-refractivity contribution is 5.94. The van der Waals surface area contributed by atoms with E-state index in [2.05, 4.69) is 10.4 Å². The molecule has 0 atom stereocenters. The van der Waals surface area contributed by atoms with Gasteiger partial charge in [-0.15, -0.1) is 0 Å². The number of carbonyl (C=O) groups is 2. The molecule has 31 heavy (non-hydrogen) atoms. The zero-order valence-corrected chi connectivity index (χ0v) is 18.6. The molecule has 9 heteroatoms. The number of aromatic nitrogens is 4. The molecule has 9 nitrogen and oxygen atoms in total. The zero-order chi connectivity index (χ0) is 22.0. The van der Waals surface area contributed by atoms with Crippen molar-refractivity contribution < 1.29 is 19.1 Å². The number of hydrogen-bond donors (Lipinski definition) is 1. The van der Waals surface area contributed by atoms with Gasteiger partial charge in [-0.1, -0.05) is 0 Å². The van der Waals surface area contributed by atoms with E-state index in [0.717, 1.165) is 49.4 Å². The molecular weight excluding hydrogens is 398 g/mol. The van der Waals surface area contributed by atoms with Crippen molar-refractivity contribution in [3.8, 4) is 0 Å². The van der Waals surface area contributed by atoms with Crippen LogP contribution in [-0.4, -0.2) is 57.8 Å². The highest BCUT2D eigenvalue weighted by Crippen LogP contribution is 2.37. The number of fused-ring (bicyclic) bond motifs is 1. The van der Waals surface area contributed by atoms with Crippen molar-refractivity contribution in [2.45, 2.75) is 52.5 Å². The Morgan fingerprint density at radius 3 is 2.77 bits per heavy atom. The van der Waals surface area contributed by atoms with Gasteiger partial charge in [0.25, 0.3) is 5.91 Å². The number of hydrogen-bond acceptors (Lipinski definition) is 6. The van der Waals surface area contributed by atoms with Crippen molar-refractivity contribution >= 4 is 11.9 Å². The summed E-state index contributed by atoms with van der Waals surface area (Å²) >= 11 is 0. The topological polar surface area (TPSA) is 100 Å². The smallest absolute Gasteiger partial charge is 0.358 e. The van der Waals surface area contributed by atoms with E-state index in [9.17, 15) is 9.59 Å². The van der Waals surface area contributed by atoms with E-state index >= 15 is 0 Å². The van der Waals surface area contributed by atoms with E-state index in [1.165, 1.54) is 0 Å². The summed E-state index contributed by atoms with van der Waals surface area (Å²) in [5, 5.41) is 12.0. The molecule has 1 saturated heterocycles. The largest absolute Gasteiger partial charge is 0.461 e. The number of carbonyl (C=O) groups excluding carboxylic acids is 2. The van der Waals surface area contributed by atoms with Crippen LogP contribution in [0.25, 0.3) is 0 Å². The van der Waals surface area contributed by atoms with Crippen LogP contribution in [0.2, 0.25) is 0 Å². The van der Waals surface area contributed by atoms with E-state index in [1.807, 2.05) is 13.8 Å². The summed E-state index contributed by atoms with van der Waals surface area (Å²) < 4.78 is 14.4. The molecule has 0 radical (unpaired) electrons. The molecule has 1 fully saturated rings. The highest BCUT2D eigenvalue weighted by Gasteiger charge is 2.39. The second-order valence-electron chi connectivity index (χ2n) is 8.60. The molecule has 2 aliphatic rings. The van der Waals surface area contributed by atoms with Crippen LogP contribution in [0.4, 0.5) is 0 Å². The number of nitrogens with zero attached hydrogens (tertiary/aromatic N) is 4. The van der Waals surface area contributed by atoms with Crippen LogP contribution >= 0.6 is 0 Å². The molecule has 1 spiro atoms. The van der Waals surface area contributed by atoms with Gasteiger partial charge in [-0.2, -0.15) is 10.2 Å². The average Bonchev–Trinajstić information content (AvgIpc) is 3.25. The molecule has 168 valence electrons. The number of aryl methyl sites for hydroxylation is 4. The average molecular weight is 430 g/mol. The lowest BCUT2D eigenvalue weighted by Crippen LogP contribution is -2.40. The monoisotopic (exact) mass is 429 g/mol. The van der Waals surface area contributed by atoms with Crippen molar-refractivity contribution in [3.63, 3.8) is 0 Å². The number of rotatable bonds is 6. The van der Waals surface area contributed by atoms with E-state index in [4.69, 9.17) is 14.6 Å². The molecule has 1 amide bonds. The zero-order valence-electron chi connectivity index (χ0n) is 18.6. The molecule has 2 aromatic heterocycles. The van der Waals surface area contributed by atoms with Crippen molar-refractivity contribution in [1.29, 1.82) is 0 Å². The van der Waals surface area contributed by atoms with Gasteiger partial charge >= 0.3 is 5.97 Å². The first-order valence-corrected chi connectivity index (χ1v) is 11.0. The summed E-state index contributed by atoms with van der Waals surface area (Å²) in [4.78, 5) is 25.1. The first-order chi connectivity index (χ1) is 14.9. The van der Waals surface area contributed by atoms with E-state index in [-0.39, 0.29) is 17.9 Å². The summed E-state index contributed by atoms with van der Waals surface area (Å²) in [7, 11) is 1.79. The Morgan fingerprint density at radius 2 is 2.10 bits per heavy atom. The first-order valence-electron chi connectivity index (χ1n) is 11.0. The third kappa shape index (κ3) is 4.37.